The van der Waals surface area contributed by atoms with Crippen molar-refractivity contribution in [1.29, 1.82) is 0 Å². The third kappa shape index (κ3) is 2.22. The summed E-state index contributed by atoms with van der Waals surface area (Å²) in [5.41, 5.74) is 0.0560. The highest BCUT2D eigenvalue weighted by Crippen LogP contribution is 2.33. The minimum atomic E-state index is -4.43. The Bertz CT molecular complexity index is 527. The van der Waals surface area contributed by atoms with Gasteiger partial charge in [0.2, 0.25) is 0 Å². The predicted octanol–water partition coefficient (Wildman–Crippen LogP) is 3.78. The van der Waals surface area contributed by atoms with Gasteiger partial charge in [0.25, 0.3) is 0 Å². The number of alkyl halides is 3. The standard InChI is InChI=1S/C12H7F3O2/c13-12(14,15)10-2-1-8(6-16)11(5-10)9-3-4-17-7-9/h1-7H. The topological polar surface area (TPSA) is 30.2 Å². The highest BCUT2D eigenvalue weighted by molar-refractivity contribution is 5.87. The van der Waals surface area contributed by atoms with E-state index in [0.717, 1.165) is 18.2 Å². The predicted molar refractivity (Wildman–Crippen MR) is 54.5 cm³/mol. The third-order valence-corrected chi connectivity index (χ3v) is 2.34. The van der Waals surface area contributed by atoms with E-state index in [1.807, 2.05) is 0 Å². The van der Waals surface area contributed by atoms with E-state index in [2.05, 4.69) is 0 Å². The summed E-state index contributed by atoms with van der Waals surface area (Å²) in [4.78, 5) is 10.8. The molecule has 0 radical (unpaired) electrons. The Morgan fingerprint density at radius 2 is 1.94 bits per heavy atom. The van der Waals surface area contributed by atoms with Gasteiger partial charge in [-0.05, 0) is 23.8 Å². The van der Waals surface area contributed by atoms with Crippen LogP contribution in [-0.2, 0) is 6.18 Å². The second kappa shape index (κ2) is 4.08. The van der Waals surface area contributed by atoms with E-state index in [1.54, 1.807) is 0 Å². The zero-order chi connectivity index (χ0) is 12.5. The highest BCUT2D eigenvalue weighted by atomic mass is 19.4. The molecule has 0 saturated heterocycles. The third-order valence-electron chi connectivity index (χ3n) is 2.34. The van der Waals surface area contributed by atoms with E-state index in [9.17, 15) is 18.0 Å². The van der Waals surface area contributed by atoms with Crippen molar-refractivity contribution < 1.29 is 22.4 Å². The first kappa shape index (κ1) is 11.4. The number of rotatable bonds is 2. The lowest BCUT2D eigenvalue weighted by molar-refractivity contribution is -0.137. The maximum atomic E-state index is 12.5. The maximum Gasteiger partial charge on any atom is 0.416 e. The summed E-state index contributed by atoms with van der Waals surface area (Å²) in [6, 6.07) is 4.47. The van der Waals surface area contributed by atoms with Crippen molar-refractivity contribution in [3.05, 3.63) is 47.9 Å². The number of hydrogen-bond donors (Lipinski definition) is 0. The van der Waals surface area contributed by atoms with Crippen molar-refractivity contribution in [2.24, 2.45) is 0 Å². The number of carbonyl (C=O) groups excluding carboxylic acids is 1. The highest BCUT2D eigenvalue weighted by Gasteiger charge is 2.31. The molecule has 0 aliphatic rings. The molecule has 17 heavy (non-hydrogen) atoms. The van der Waals surface area contributed by atoms with Gasteiger partial charge in [-0.1, -0.05) is 6.07 Å². The summed E-state index contributed by atoms with van der Waals surface area (Å²) in [5.74, 6) is 0. The second-order valence-corrected chi connectivity index (χ2v) is 3.43. The molecule has 0 aliphatic carbocycles. The molecule has 5 heteroatoms. The fourth-order valence-corrected chi connectivity index (χ4v) is 1.50. The molecule has 2 rings (SSSR count). The van der Waals surface area contributed by atoms with Gasteiger partial charge < -0.3 is 4.42 Å². The number of hydrogen-bond acceptors (Lipinski definition) is 2. The Kier molecular flexibility index (Phi) is 2.75. The van der Waals surface area contributed by atoms with E-state index < -0.39 is 11.7 Å². The minimum Gasteiger partial charge on any atom is -0.472 e. The van der Waals surface area contributed by atoms with E-state index >= 15 is 0 Å². The molecule has 0 spiro atoms. The van der Waals surface area contributed by atoms with E-state index in [-0.39, 0.29) is 11.1 Å². The molecule has 0 amide bonds. The van der Waals surface area contributed by atoms with Gasteiger partial charge in [0.1, 0.15) is 0 Å². The van der Waals surface area contributed by atoms with E-state index in [0.29, 0.717) is 11.8 Å². The molecule has 2 nitrogen and oxygen atoms in total. The Hall–Kier alpha value is -2.04. The minimum absolute atomic E-state index is 0.194. The monoisotopic (exact) mass is 240 g/mol. The SMILES string of the molecule is O=Cc1ccc(C(F)(F)F)cc1-c1ccoc1. The number of furan rings is 1. The lowest BCUT2D eigenvalue weighted by Gasteiger charge is -2.09. The van der Waals surface area contributed by atoms with Crippen LogP contribution in [0.3, 0.4) is 0 Å². The number of carbonyl (C=O) groups is 1. The van der Waals surface area contributed by atoms with Crippen LogP contribution in [0.15, 0.2) is 41.2 Å². The summed E-state index contributed by atoms with van der Waals surface area (Å²) in [6.45, 7) is 0. The van der Waals surface area contributed by atoms with Gasteiger partial charge in [-0.3, -0.25) is 4.79 Å². The van der Waals surface area contributed by atoms with Gasteiger partial charge in [0.15, 0.2) is 6.29 Å². The Morgan fingerprint density at radius 3 is 2.47 bits per heavy atom. The zero-order valence-electron chi connectivity index (χ0n) is 8.49. The summed E-state index contributed by atoms with van der Waals surface area (Å²) < 4.78 is 42.4. The molecule has 0 bridgehead atoms. The second-order valence-electron chi connectivity index (χ2n) is 3.43. The maximum absolute atomic E-state index is 12.5. The largest absolute Gasteiger partial charge is 0.472 e. The van der Waals surface area contributed by atoms with Gasteiger partial charge in [-0.15, -0.1) is 0 Å². The van der Waals surface area contributed by atoms with E-state index in [1.165, 1.54) is 18.6 Å². The lowest BCUT2D eigenvalue weighted by atomic mass is 10.00. The number of benzene rings is 1. The van der Waals surface area contributed by atoms with Gasteiger partial charge >= 0.3 is 6.18 Å². The van der Waals surface area contributed by atoms with Crippen LogP contribution in [0.25, 0.3) is 11.1 Å². The average molecular weight is 240 g/mol. The fourth-order valence-electron chi connectivity index (χ4n) is 1.50. The molecule has 0 N–H and O–H groups in total. The van der Waals surface area contributed by atoms with Crippen molar-refractivity contribution in [3.63, 3.8) is 0 Å². The molecule has 1 aromatic carbocycles. The van der Waals surface area contributed by atoms with Gasteiger partial charge in [-0.25, -0.2) is 0 Å². The Morgan fingerprint density at radius 1 is 1.18 bits per heavy atom. The van der Waals surface area contributed by atoms with Crippen LogP contribution in [-0.4, -0.2) is 6.29 Å². The quantitative estimate of drug-likeness (QED) is 0.748. The Balaban J connectivity index is 2.59. The smallest absolute Gasteiger partial charge is 0.416 e. The molecule has 2 aromatic rings. The molecule has 0 fully saturated rings. The fraction of sp³-hybridized carbons (Fsp3) is 0.0833. The lowest BCUT2D eigenvalue weighted by Crippen LogP contribution is -2.05. The van der Waals surface area contributed by atoms with Crippen LogP contribution in [0, 0.1) is 0 Å². The van der Waals surface area contributed by atoms with Gasteiger partial charge in [-0.2, -0.15) is 13.2 Å². The van der Waals surface area contributed by atoms with Crippen molar-refractivity contribution in [2.75, 3.05) is 0 Å². The molecule has 1 aromatic heterocycles. The molecule has 0 aliphatic heterocycles. The molecular weight excluding hydrogens is 233 g/mol. The molecule has 0 atom stereocenters. The first-order valence-corrected chi connectivity index (χ1v) is 4.71. The van der Waals surface area contributed by atoms with E-state index in [4.69, 9.17) is 4.42 Å². The Labute approximate surface area is 94.7 Å². The normalized spacial score (nSPS) is 11.5. The summed E-state index contributed by atoms with van der Waals surface area (Å²) in [5, 5.41) is 0. The van der Waals surface area contributed by atoms with Crippen LogP contribution >= 0.6 is 0 Å². The van der Waals surface area contributed by atoms with Crippen LogP contribution in [0.5, 0.6) is 0 Å². The number of aldehydes is 1. The first-order chi connectivity index (χ1) is 8.02. The average Bonchev–Trinajstić information content (AvgIpc) is 2.80. The van der Waals surface area contributed by atoms with Gasteiger partial charge in [0, 0.05) is 11.1 Å². The van der Waals surface area contributed by atoms with Crippen LogP contribution in [0.2, 0.25) is 0 Å². The van der Waals surface area contributed by atoms with Crippen LogP contribution in [0.1, 0.15) is 15.9 Å². The molecule has 0 saturated carbocycles. The summed E-state index contributed by atoms with van der Waals surface area (Å²) in [7, 11) is 0. The van der Waals surface area contributed by atoms with Crippen molar-refractivity contribution >= 4 is 6.29 Å². The van der Waals surface area contributed by atoms with Crippen molar-refractivity contribution in [3.8, 4) is 11.1 Å². The van der Waals surface area contributed by atoms with Gasteiger partial charge in [0.05, 0.1) is 18.1 Å². The van der Waals surface area contributed by atoms with Crippen LogP contribution in [0.4, 0.5) is 13.2 Å². The summed E-state index contributed by atoms with van der Waals surface area (Å²) in [6.07, 6.45) is -1.28. The van der Waals surface area contributed by atoms with Crippen molar-refractivity contribution in [2.45, 2.75) is 6.18 Å². The molecule has 1 heterocycles. The molecular formula is C12H7F3O2. The van der Waals surface area contributed by atoms with Crippen LogP contribution < -0.4 is 0 Å². The zero-order valence-corrected chi connectivity index (χ0v) is 8.49. The molecule has 0 unspecified atom stereocenters. The first-order valence-electron chi connectivity index (χ1n) is 4.71. The molecule has 88 valence electrons. The number of halogens is 3. The van der Waals surface area contributed by atoms with Crippen molar-refractivity contribution in [1.82, 2.24) is 0 Å². The summed E-state index contributed by atoms with van der Waals surface area (Å²) >= 11 is 0.